The lowest BCUT2D eigenvalue weighted by Crippen LogP contribution is -2.51. The molecule has 0 saturated carbocycles. The fraction of sp³-hybridized carbons (Fsp3) is 0.600. The molecule has 3 atom stereocenters. The van der Waals surface area contributed by atoms with Gasteiger partial charge in [-0.2, -0.15) is 4.72 Å². The van der Waals surface area contributed by atoms with Crippen LogP contribution in [0.3, 0.4) is 0 Å². The highest BCUT2D eigenvalue weighted by molar-refractivity contribution is 9.11. The Morgan fingerprint density at radius 3 is 2.61 bits per heavy atom. The number of imidazole rings is 1. The molecule has 0 aliphatic carbocycles. The molecule has 0 aromatic carbocycles. The molecule has 0 radical (unpaired) electrons. The Balaban J connectivity index is 1.54. The van der Waals surface area contributed by atoms with Gasteiger partial charge in [-0.05, 0) is 83.4 Å². The number of anilines is 1. The van der Waals surface area contributed by atoms with E-state index in [1.807, 2.05) is 40.0 Å². The van der Waals surface area contributed by atoms with E-state index in [-0.39, 0.29) is 17.9 Å². The molecule has 242 valence electrons. The van der Waals surface area contributed by atoms with Gasteiger partial charge in [-0.15, -0.1) is 5.10 Å². The molecule has 4 rings (SSSR count). The van der Waals surface area contributed by atoms with Crippen molar-refractivity contribution >= 4 is 49.4 Å². The average Bonchev–Trinajstić information content (AvgIpc) is 3.56. The number of hydrogen-bond donors (Lipinski definition) is 2. The summed E-state index contributed by atoms with van der Waals surface area (Å²) >= 11 is 3.33. The number of piperidine rings is 1. The SMILES string of the molecule is C=C(Br)C(=CC)C(NS(C)(=O)=O)C(=O)N1CCCCC1c1cn2nc(N3CCC(CNC(=O)OC(C)(C)C)C3)c(C)cc2n1. The Hall–Kier alpha value is -2.97. The molecule has 3 unspecified atom stereocenters. The van der Waals surface area contributed by atoms with Crippen LogP contribution in [0.1, 0.15) is 70.7 Å². The number of carbonyl (C=O) groups excluding carboxylic acids is 2. The van der Waals surface area contributed by atoms with Crippen LogP contribution in [0, 0.1) is 12.8 Å². The summed E-state index contributed by atoms with van der Waals surface area (Å²) in [6, 6.07) is 0.551. The van der Waals surface area contributed by atoms with Gasteiger partial charge in [0, 0.05) is 30.7 Å². The normalized spacial score (nSPS) is 20.6. The Morgan fingerprint density at radius 2 is 1.98 bits per heavy atom. The number of halogens is 1. The lowest BCUT2D eigenvalue weighted by Gasteiger charge is -2.37. The molecule has 2 amide bonds. The van der Waals surface area contributed by atoms with Gasteiger partial charge in [0.25, 0.3) is 0 Å². The second-order valence-corrected chi connectivity index (χ2v) is 15.4. The van der Waals surface area contributed by atoms with Crippen molar-refractivity contribution in [2.24, 2.45) is 5.92 Å². The highest BCUT2D eigenvalue weighted by Crippen LogP contribution is 2.33. The molecule has 2 fully saturated rings. The topological polar surface area (TPSA) is 138 Å². The van der Waals surface area contributed by atoms with E-state index in [9.17, 15) is 18.0 Å². The fourth-order valence-electron chi connectivity index (χ4n) is 5.84. The smallest absolute Gasteiger partial charge is 0.407 e. The van der Waals surface area contributed by atoms with Gasteiger partial charge in [-0.1, -0.05) is 28.6 Å². The number of amides is 2. The molecule has 2 aromatic rings. The molecule has 2 aliphatic heterocycles. The Morgan fingerprint density at radius 1 is 1.25 bits per heavy atom. The summed E-state index contributed by atoms with van der Waals surface area (Å²) in [7, 11) is -3.70. The average molecular weight is 695 g/mol. The maximum absolute atomic E-state index is 14.0. The number of aryl methyl sites for hydroxylation is 1. The Labute approximate surface area is 268 Å². The maximum Gasteiger partial charge on any atom is 0.407 e. The molecule has 2 saturated heterocycles. The Bertz CT molecular complexity index is 1550. The number of fused-ring (bicyclic) bond motifs is 1. The highest BCUT2D eigenvalue weighted by atomic mass is 79.9. The first-order valence-corrected chi connectivity index (χ1v) is 17.6. The third-order valence-corrected chi connectivity index (χ3v) is 8.92. The van der Waals surface area contributed by atoms with Crippen molar-refractivity contribution in [1.82, 2.24) is 29.5 Å². The summed E-state index contributed by atoms with van der Waals surface area (Å²) in [6.45, 7) is 15.7. The number of aromatic nitrogens is 3. The minimum Gasteiger partial charge on any atom is -0.444 e. The Kier molecular flexibility index (Phi) is 10.5. The number of rotatable bonds is 9. The molecule has 2 aliphatic rings. The van der Waals surface area contributed by atoms with Crippen LogP contribution >= 0.6 is 15.9 Å². The minimum atomic E-state index is -3.70. The molecule has 2 N–H and O–H groups in total. The quantitative estimate of drug-likeness (QED) is 0.373. The van der Waals surface area contributed by atoms with Gasteiger partial charge < -0.3 is 19.9 Å². The van der Waals surface area contributed by atoms with E-state index in [2.05, 4.69) is 37.4 Å². The van der Waals surface area contributed by atoms with Crippen LogP contribution < -0.4 is 14.9 Å². The summed E-state index contributed by atoms with van der Waals surface area (Å²) in [5.74, 6) is 0.772. The standard InChI is InChI=1S/C30H44BrN7O5S/c1-8-22(20(3)31)26(35-44(7,41)42)28(39)37-13-10-9-11-24(37)23-18-38-25(33-23)15-19(2)27(34-38)36-14-12-21(17-36)16-32-29(40)43-30(4,5)6/h8,15,18,21,24,26,35H,3,9-14,16-17H2,1-2,4-7H3,(H,32,40). The number of nitrogens with zero attached hydrogens (tertiary/aromatic N) is 5. The van der Waals surface area contributed by atoms with Crippen LogP contribution in [0.4, 0.5) is 10.6 Å². The van der Waals surface area contributed by atoms with Crippen LogP contribution in [-0.2, 0) is 19.6 Å². The van der Waals surface area contributed by atoms with E-state index in [1.54, 1.807) is 22.4 Å². The van der Waals surface area contributed by atoms with Gasteiger partial charge in [-0.25, -0.2) is 22.7 Å². The van der Waals surface area contributed by atoms with Crippen molar-refractivity contribution in [3.63, 3.8) is 0 Å². The third kappa shape index (κ3) is 8.39. The molecular weight excluding hydrogens is 650 g/mol. The van der Waals surface area contributed by atoms with Crippen molar-refractivity contribution in [3.8, 4) is 0 Å². The number of carbonyl (C=O) groups is 2. The minimum absolute atomic E-state index is 0.269. The summed E-state index contributed by atoms with van der Waals surface area (Å²) in [5, 5.41) is 7.80. The molecule has 0 spiro atoms. The van der Waals surface area contributed by atoms with Crippen LogP contribution in [0.2, 0.25) is 0 Å². The molecule has 14 heteroatoms. The van der Waals surface area contributed by atoms with Crippen LogP contribution in [-0.4, -0.2) is 84.0 Å². The molecule has 0 bridgehead atoms. The van der Waals surface area contributed by atoms with E-state index in [4.69, 9.17) is 14.8 Å². The number of sulfonamides is 1. The van der Waals surface area contributed by atoms with Crippen molar-refractivity contribution < 1.29 is 22.7 Å². The molecule has 4 heterocycles. The fourth-order valence-corrected chi connectivity index (χ4v) is 6.95. The summed E-state index contributed by atoms with van der Waals surface area (Å²) in [4.78, 5) is 34.9. The second-order valence-electron chi connectivity index (χ2n) is 12.6. The predicted octanol–water partition coefficient (Wildman–Crippen LogP) is 4.22. The zero-order valence-corrected chi connectivity index (χ0v) is 28.8. The zero-order chi connectivity index (χ0) is 32.4. The summed E-state index contributed by atoms with van der Waals surface area (Å²) in [6.07, 6.45) is 7.52. The van der Waals surface area contributed by atoms with E-state index < -0.39 is 27.8 Å². The summed E-state index contributed by atoms with van der Waals surface area (Å²) in [5.41, 5.74) is 2.29. The molecule has 2 aromatic heterocycles. The number of allylic oxidation sites excluding steroid dienone is 1. The molecule has 44 heavy (non-hydrogen) atoms. The van der Waals surface area contributed by atoms with E-state index >= 15 is 0 Å². The second kappa shape index (κ2) is 13.6. The van der Waals surface area contributed by atoms with Crippen molar-refractivity contribution in [2.45, 2.75) is 78.0 Å². The third-order valence-electron chi connectivity index (χ3n) is 7.79. The van der Waals surface area contributed by atoms with Gasteiger partial charge in [-0.3, -0.25) is 4.79 Å². The molecular formula is C30H44BrN7O5S. The van der Waals surface area contributed by atoms with E-state index in [1.165, 1.54) is 0 Å². The summed E-state index contributed by atoms with van der Waals surface area (Å²) < 4.78 is 34.6. The number of nitrogens with one attached hydrogen (secondary N) is 2. The van der Waals surface area contributed by atoms with Gasteiger partial charge >= 0.3 is 6.09 Å². The number of hydrogen-bond acceptors (Lipinski definition) is 8. The lowest BCUT2D eigenvalue weighted by molar-refractivity contribution is -0.136. The van der Waals surface area contributed by atoms with Gasteiger partial charge in [0.15, 0.2) is 11.5 Å². The zero-order valence-electron chi connectivity index (χ0n) is 26.4. The number of likely N-dealkylation sites (tertiary alicyclic amines) is 1. The van der Waals surface area contributed by atoms with E-state index in [0.29, 0.717) is 40.9 Å². The maximum atomic E-state index is 14.0. The molecule has 12 nitrogen and oxygen atoms in total. The first kappa shape index (κ1) is 33.9. The van der Waals surface area contributed by atoms with Crippen LogP contribution in [0.15, 0.2) is 35.0 Å². The van der Waals surface area contributed by atoms with Crippen LogP contribution in [0.25, 0.3) is 5.65 Å². The highest BCUT2D eigenvalue weighted by Gasteiger charge is 2.37. The predicted molar refractivity (Wildman–Crippen MR) is 174 cm³/mol. The lowest BCUT2D eigenvalue weighted by atomic mass is 9.97. The number of alkyl carbamates (subject to hydrolysis) is 1. The van der Waals surface area contributed by atoms with Gasteiger partial charge in [0.2, 0.25) is 15.9 Å². The number of ether oxygens (including phenoxy) is 1. The monoisotopic (exact) mass is 693 g/mol. The van der Waals surface area contributed by atoms with E-state index in [0.717, 1.165) is 50.0 Å². The first-order chi connectivity index (χ1) is 20.6. The van der Waals surface area contributed by atoms with Crippen LogP contribution in [0.5, 0.6) is 0 Å². The van der Waals surface area contributed by atoms with Crippen molar-refractivity contribution in [1.29, 1.82) is 0 Å². The van der Waals surface area contributed by atoms with Gasteiger partial charge in [0.05, 0.1) is 24.2 Å². The van der Waals surface area contributed by atoms with Crippen molar-refractivity contribution in [2.75, 3.05) is 37.3 Å². The van der Waals surface area contributed by atoms with Gasteiger partial charge in [0.1, 0.15) is 11.6 Å². The van der Waals surface area contributed by atoms with Crippen molar-refractivity contribution in [3.05, 3.63) is 46.2 Å². The largest absolute Gasteiger partial charge is 0.444 e. The first-order valence-electron chi connectivity index (χ1n) is 14.9.